The zero-order chi connectivity index (χ0) is 18.9. The second-order valence-corrected chi connectivity index (χ2v) is 6.37. The number of rotatable bonds is 8. The van der Waals surface area contributed by atoms with E-state index >= 15 is 0 Å². The van der Waals surface area contributed by atoms with Gasteiger partial charge in [0.1, 0.15) is 11.6 Å². The van der Waals surface area contributed by atoms with Crippen molar-refractivity contribution in [3.8, 4) is 0 Å². The van der Waals surface area contributed by atoms with E-state index in [4.69, 9.17) is 0 Å². The summed E-state index contributed by atoms with van der Waals surface area (Å²) in [5.41, 5.74) is 3.05. The fourth-order valence-electron chi connectivity index (χ4n) is 2.92. The van der Waals surface area contributed by atoms with E-state index in [-0.39, 0.29) is 29.8 Å². The van der Waals surface area contributed by atoms with E-state index in [1.807, 2.05) is 37.3 Å². The number of aliphatic imine (C=N–C) groups is 1. The summed E-state index contributed by atoms with van der Waals surface area (Å²) in [5.74, 6) is 1.59. The molecule has 7 heteroatoms. The Morgan fingerprint density at radius 3 is 2.75 bits per heavy atom. The number of aromatic nitrogens is 2. The molecule has 1 heterocycles. The summed E-state index contributed by atoms with van der Waals surface area (Å²) >= 11 is 0. The van der Waals surface area contributed by atoms with Gasteiger partial charge < -0.3 is 15.6 Å². The first-order valence-corrected chi connectivity index (χ1v) is 9.45. The highest BCUT2D eigenvalue weighted by molar-refractivity contribution is 14.0. The minimum Gasteiger partial charge on any atom is -0.357 e. The van der Waals surface area contributed by atoms with Crippen LogP contribution in [0.15, 0.2) is 53.5 Å². The molecule has 0 radical (unpaired) electrons. The van der Waals surface area contributed by atoms with Crippen LogP contribution < -0.4 is 10.6 Å². The minimum absolute atomic E-state index is 0. The highest BCUT2D eigenvalue weighted by Crippen LogP contribution is 2.11. The zero-order valence-corrected chi connectivity index (χ0v) is 18.4. The van der Waals surface area contributed by atoms with Gasteiger partial charge in [0.15, 0.2) is 5.96 Å². The lowest BCUT2D eigenvalue weighted by Crippen LogP contribution is -2.38. The van der Waals surface area contributed by atoms with Crippen LogP contribution in [0.3, 0.4) is 0 Å². The van der Waals surface area contributed by atoms with Crippen LogP contribution in [0.25, 0.3) is 11.0 Å². The number of H-pyrrole nitrogens is 1. The molecule has 0 aliphatic carbocycles. The molecule has 28 heavy (non-hydrogen) atoms. The third kappa shape index (κ3) is 6.78. The maximum Gasteiger partial charge on any atom is 0.191 e. The van der Waals surface area contributed by atoms with Crippen molar-refractivity contribution in [2.45, 2.75) is 26.2 Å². The van der Waals surface area contributed by atoms with E-state index in [0.717, 1.165) is 54.2 Å². The van der Waals surface area contributed by atoms with Crippen molar-refractivity contribution in [2.75, 3.05) is 19.6 Å². The lowest BCUT2D eigenvalue weighted by molar-refractivity contribution is 0.625. The number of para-hydroxylation sites is 2. The molecular formula is C21H27FIN5. The van der Waals surface area contributed by atoms with E-state index in [1.54, 1.807) is 12.1 Å². The topological polar surface area (TPSA) is 65.1 Å². The van der Waals surface area contributed by atoms with Gasteiger partial charge in [0.2, 0.25) is 0 Å². The van der Waals surface area contributed by atoms with Crippen LogP contribution in [0, 0.1) is 5.82 Å². The predicted molar refractivity (Wildman–Crippen MR) is 124 cm³/mol. The van der Waals surface area contributed by atoms with Crippen molar-refractivity contribution in [1.82, 2.24) is 20.6 Å². The second kappa shape index (κ2) is 11.6. The zero-order valence-electron chi connectivity index (χ0n) is 16.0. The molecule has 150 valence electrons. The molecule has 3 aromatic rings. The van der Waals surface area contributed by atoms with Crippen molar-refractivity contribution in [1.29, 1.82) is 0 Å². The SMILES string of the molecule is CCNC(=NCCCc1nc2ccccc2[nH]1)NCCc1cccc(F)c1.I. The molecule has 2 aromatic carbocycles. The number of imidazole rings is 1. The first-order valence-electron chi connectivity index (χ1n) is 9.45. The molecule has 0 amide bonds. The van der Waals surface area contributed by atoms with Gasteiger partial charge in [-0.3, -0.25) is 4.99 Å². The Kier molecular flexibility index (Phi) is 9.19. The second-order valence-electron chi connectivity index (χ2n) is 6.37. The van der Waals surface area contributed by atoms with Gasteiger partial charge in [-0.1, -0.05) is 24.3 Å². The summed E-state index contributed by atoms with van der Waals surface area (Å²) in [6, 6.07) is 14.8. The minimum atomic E-state index is -0.196. The largest absolute Gasteiger partial charge is 0.357 e. The Balaban J connectivity index is 0.00000280. The van der Waals surface area contributed by atoms with Crippen LogP contribution in [0.2, 0.25) is 0 Å². The first kappa shape index (κ1) is 22.1. The van der Waals surface area contributed by atoms with Gasteiger partial charge in [-0.05, 0) is 49.6 Å². The molecule has 3 rings (SSSR count). The number of hydrogen-bond acceptors (Lipinski definition) is 2. The average molecular weight is 495 g/mol. The van der Waals surface area contributed by atoms with E-state index < -0.39 is 0 Å². The van der Waals surface area contributed by atoms with Crippen LogP contribution >= 0.6 is 24.0 Å². The molecule has 3 N–H and O–H groups in total. The Hall–Kier alpha value is -2.16. The number of aromatic amines is 1. The van der Waals surface area contributed by atoms with E-state index in [0.29, 0.717) is 13.1 Å². The molecule has 0 saturated heterocycles. The van der Waals surface area contributed by atoms with Gasteiger partial charge >= 0.3 is 0 Å². The van der Waals surface area contributed by atoms with E-state index in [2.05, 4.69) is 25.6 Å². The molecule has 0 aliphatic rings. The smallest absolute Gasteiger partial charge is 0.191 e. The highest BCUT2D eigenvalue weighted by Gasteiger charge is 2.02. The number of aryl methyl sites for hydroxylation is 1. The Bertz CT molecular complexity index is 860. The maximum absolute atomic E-state index is 13.2. The molecule has 0 unspecified atom stereocenters. The Morgan fingerprint density at radius 1 is 1.11 bits per heavy atom. The molecule has 5 nitrogen and oxygen atoms in total. The number of benzene rings is 2. The number of fused-ring (bicyclic) bond motifs is 1. The molecule has 0 atom stereocenters. The van der Waals surface area contributed by atoms with Crippen molar-refractivity contribution >= 4 is 41.0 Å². The molecule has 0 fully saturated rings. The summed E-state index contributed by atoms with van der Waals surface area (Å²) in [7, 11) is 0. The van der Waals surface area contributed by atoms with Gasteiger partial charge in [0.05, 0.1) is 11.0 Å². The highest BCUT2D eigenvalue weighted by atomic mass is 127. The summed E-state index contributed by atoms with van der Waals surface area (Å²) < 4.78 is 13.2. The summed E-state index contributed by atoms with van der Waals surface area (Å²) in [6.07, 6.45) is 2.53. The van der Waals surface area contributed by atoms with Crippen LogP contribution in [0.1, 0.15) is 24.7 Å². The average Bonchev–Trinajstić information content (AvgIpc) is 3.08. The van der Waals surface area contributed by atoms with Crippen molar-refractivity contribution in [3.63, 3.8) is 0 Å². The summed E-state index contributed by atoms with van der Waals surface area (Å²) in [5, 5.41) is 6.54. The molecule has 0 saturated carbocycles. The fourth-order valence-corrected chi connectivity index (χ4v) is 2.92. The van der Waals surface area contributed by atoms with E-state index in [1.165, 1.54) is 6.07 Å². The van der Waals surface area contributed by atoms with Gasteiger partial charge in [0.25, 0.3) is 0 Å². The molecule has 0 bridgehead atoms. The van der Waals surface area contributed by atoms with E-state index in [9.17, 15) is 4.39 Å². The summed E-state index contributed by atoms with van der Waals surface area (Å²) in [4.78, 5) is 12.5. The monoisotopic (exact) mass is 495 g/mol. The molecular weight excluding hydrogens is 468 g/mol. The van der Waals surface area contributed by atoms with Gasteiger partial charge in [0, 0.05) is 26.1 Å². The normalized spacial score (nSPS) is 11.3. The Labute approximate surface area is 182 Å². The quantitative estimate of drug-likeness (QED) is 0.191. The molecule has 0 spiro atoms. The maximum atomic E-state index is 13.2. The third-order valence-corrected chi connectivity index (χ3v) is 4.22. The number of hydrogen-bond donors (Lipinski definition) is 3. The number of guanidine groups is 1. The number of nitrogens with one attached hydrogen (secondary N) is 3. The van der Waals surface area contributed by atoms with Gasteiger partial charge in [-0.15, -0.1) is 24.0 Å². The Morgan fingerprint density at radius 2 is 1.96 bits per heavy atom. The van der Waals surface area contributed by atoms with Crippen LogP contribution in [-0.2, 0) is 12.8 Å². The van der Waals surface area contributed by atoms with Gasteiger partial charge in [-0.25, -0.2) is 9.37 Å². The predicted octanol–water partition coefficient (Wildman–Crippen LogP) is 4.05. The standard InChI is InChI=1S/C21H26FN5.HI/c1-2-23-21(25-14-12-16-7-5-8-17(22)15-16)24-13-6-11-20-26-18-9-3-4-10-19(18)27-20;/h3-5,7-10,15H,2,6,11-14H2,1H3,(H,26,27)(H2,23,24,25);1H. The fraction of sp³-hybridized carbons (Fsp3) is 0.333. The first-order chi connectivity index (χ1) is 13.2. The van der Waals surface area contributed by atoms with Crippen LogP contribution in [0.5, 0.6) is 0 Å². The third-order valence-electron chi connectivity index (χ3n) is 4.22. The van der Waals surface area contributed by atoms with Crippen molar-refractivity contribution in [2.24, 2.45) is 4.99 Å². The van der Waals surface area contributed by atoms with Gasteiger partial charge in [-0.2, -0.15) is 0 Å². The lowest BCUT2D eigenvalue weighted by Gasteiger charge is -2.11. The van der Waals surface area contributed by atoms with Crippen LogP contribution in [-0.4, -0.2) is 35.6 Å². The van der Waals surface area contributed by atoms with Crippen molar-refractivity contribution < 1.29 is 4.39 Å². The molecule has 1 aromatic heterocycles. The van der Waals surface area contributed by atoms with Crippen molar-refractivity contribution in [3.05, 3.63) is 65.7 Å². The number of nitrogens with zero attached hydrogens (tertiary/aromatic N) is 2. The number of halogens is 2. The summed E-state index contributed by atoms with van der Waals surface area (Å²) in [6.45, 7) is 4.26. The molecule has 0 aliphatic heterocycles. The van der Waals surface area contributed by atoms with Crippen LogP contribution in [0.4, 0.5) is 4.39 Å². The lowest BCUT2D eigenvalue weighted by atomic mass is 10.1.